The Bertz CT molecular complexity index is 643. The van der Waals surface area contributed by atoms with Crippen LogP contribution < -0.4 is 0 Å². The Morgan fingerprint density at radius 2 is 1.88 bits per heavy atom. The van der Waals surface area contributed by atoms with Crippen LogP contribution in [0.1, 0.15) is 55.6 Å². The van der Waals surface area contributed by atoms with E-state index in [1.807, 2.05) is 14.1 Å². The number of hydrogen-bond donors (Lipinski definition) is 0. The highest BCUT2D eigenvalue weighted by molar-refractivity contribution is 5.77. The number of likely N-dealkylation sites (tertiary alicyclic amines) is 1. The monoisotopic (exact) mass is 356 g/mol. The number of benzene rings is 1. The van der Waals surface area contributed by atoms with Gasteiger partial charge in [0, 0.05) is 39.8 Å². The molecule has 0 radical (unpaired) electrons. The zero-order chi connectivity index (χ0) is 18.1. The molecule has 1 spiro atoms. The maximum Gasteiger partial charge on any atom is 0.222 e. The standard InChI is InChI=1S/C22H32N2O2/c1-23(2)21(25)15-17-16-22(20-6-4-3-5-19(17)20)9-11-24(12-10-22)18-7-13-26-14-8-18/h3-6,17-18H,7-16H2,1-2H3. The van der Waals surface area contributed by atoms with Crippen LogP contribution >= 0.6 is 0 Å². The number of fused-ring (bicyclic) bond motifs is 2. The summed E-state index contributed by atoms with van der Waals surface area (Å²) in [5.74, 6) is 0.636. The molecule has 4 nitrogen and oxygen atoms in total. The summed E-state index contributed by atoms with van der Waals surface area (Å²) in [6.07, 6.45) is 6.62. The summed E-state index contributed by atoms with van der Waals surface area (Å²) in [5, 5.41) is 0. The molecule has 1 aromatic carbocycles. The van der Waals surface area contributed by atoms with Crippen molar-refractivity contribution < 1.29 is 9.53 Å². The molecule has 1 aromatic rings. The molecule has 1 unspecified atom stereocenters. The second-order valence-corrected chi connectivity index (χ2v) is 8.64. The van der Waals surface area contributed by atoms with E-state index < -0.39 is 0 Å². The summed E-state index contributed by atoms with van der Waals surface area (Å²) in [4.78, 5) is 16.8. The number of rotatable bonds is 3. The van der Waals surface area contributed by atoms with E-state index in [1.54, 1.807) is 4.90 Å². The van der Waals surface area contributed by atoms with E-state index in [9.17, 15) is 4.79 Å². The molecule has 2 aliphatic heterocycles. The Morgan fingerprint density at radius 3 is 2.58 bits per heavy atom. The molecule has 0 aromatic heterocycles. The van der Waals surface area contributed by atoms with Crippen LogP contribution in [0.15, 0.2) is 24.3 Å². The molecule has 4 heteroatoms. The van der Waals surface area contributed by atoms with Gasteiger partial charge in [0.1, 0.15) is 0 Å². The van der Waals surface area contributed by atoms with E-state index in [1.165, 1.54) is 49.9 Å². The predicted octanol–water partition coefficient (Wildman–Crippen LogP) is 3.16. The first-order valence-electron chi connectivity index (χ1n) is 10.2. The number of hydrogen-bond acceptors (Lipinski definition) is 3. The molecular formula is C22H32N2O2. The smallest absolute Gasteiger partial charge is 0.222 e. The van der Waals surface area contributed by atoms with Crippen molar-refractivity contribution in [2.24, 2.45) is 0 Å². The predicted molar refractivity (Wildman–Crippen MR) is 103 cm³/mol. The highest BCUT2D eigenvalue weighted by Crippen LogP contribution is 2.53. The number of ether oxygens (including phenoxy) is 1. The van der Waals surface area contributed by atoms with Crippen LogP contribution in [0, 0.1) is 0 Å². The Balaban J connectivity index is 1.49. The molecule has 1 atom stereocenters. The van der Waals surface area contributed by atoms with E-state index in [0.29, 0.717) is 18.4 Å². The molecule has 2 heterocycles. The minimum atomic E-state index is 0.251. The summed E-state index contributed by atoms with van der Waals surface area (Å²) in [5.41, 5.74) is 3.25. The summed E-state index contributed by atoms with van der Waals surface area (Å²) >= 11 is 0. The summed E-state index contributed by atoms with van der Waals surface area (Å²) in [6, 6.07) is 9.63. The number of nitrogens with zero attached hydrogens (tertiary/aromatic N) is 2. The first kappa shape index (κ1) is 18.0. The van der Waals surface area contributed by atoms with Crippen molar-refractivity contribution in [2.75, 3.05) is 40.4 Å². The van der Waals surface area contributed by atoms with E-state index in [0.717, 1.165) is 19.6 Å². The van der Waals surface area contributed by atoms with Crippen molar-refractivity contribution in [3.63, 3.8) is 0 Å². The van der Waals surface area contributed by atoms with Crippen LogP contribution in [0.2, 0.25) is 0 Å². The van der Waals surface area contributed by atoms with E-state index in [4.69, 9.17) is 4.74 Å². The fraction of sp³-hybridized carbons (Fsp3) is 0.682. The summed E-state index contributed by atoms with van der Waals surface area (Å²) in [6.45, 7) is 4.22. The lowest BCUT2D eigenvalue weighted by atomic mass is 9.73. The van der Waals surface area contributed by atoms with Crippen molar-refractivity contribution >= 4 is 5.91 Å². The lowest BCUT2D eigenvalue weighted by molar-refractivity contribution is -0.129. The maximum atomic E-state index is 12.3. The van der Waals surface area contributed by atoms with Crippen molar-refractivity contribution in [1.29, 1.82) is 0 Å². The van der Waals surface area contributed by atoms with Gasteiger partial charge in [0.05, 0.1) is 0 Å². The van der Waals surface area contributed by atoms with Gasteiger partial charge in [0.2, 0.25) is 5.91 Å². The minimum absolute atomic E-state index is 0.251. The molecule has 142 valence electrons. The molecule has 2 saturated heterocycles. The van der Waals surface area contributed by atoms with E-state index >= 15 is 0 Å². The number of piperidine rings is 1. The van der Waals surface area contributed by atoms with Crippen LogP contribution in [0.5, 0.6) is 0 Å². The highest BCUT2D eigenvalue weighted by atomic mass is 16.5. The van der Waals surface area contributed by atoms with Gasteiger partial charge in [-0.3, -0.25) is 4.79 Å². The third-order valence-electron chi connectivity index (χ3n) is 6.99. The largest absolute Gasteiger partial charge is 0.381 e. The molecule has 4 rings (SSSR count). The second kappa shape index (κ2) is 7.32. The summed E-state index contributed by atoms with van der Waals surface area (Å²) in [7, 11) is 3.73. The summed E-state index contributed by atoms with van der Waals surface area (Å²) < 4.78 is 5.54. The molecule has 1 aliphatic carbocycles. The molecule has 0 bridgehead atoms. The molecule has 2 fully saturated rings. The Kier molecular flexibility index (Phi) is 5.07. The van der Waals surface area contributed by atoms with Crippen molar-refractivity contribution in [3.8, 4) is 0 Å². The van der Waals surface area contributed by atoms with Crippen molar-refractivity contribution in [3.05, 3.63) is 35.4 Å². The Hall–Kier alpha value is -1.39. The van der Waals surface area contributed by atoms with Gasteiger partial charge in [-0.05, 0) is 67.7 Å². The average molecular weight is 357 g/mol. The molecule has 3 aliphatic rings. The van der Waals surface area contributed by atoms with Crippen LogP contribution in [0.3, 0.4) is 0 Å². The normalized spacial score (nSPS) is 26.0. The zero-order valence-electron chi connectivity index (χ0n) is 16.2. The van der Waals surface area contributed by atoms with Gasteiger partial charge >= 0.3 is 0 Å². The van der Waals surface area contributed by atoms with E-state index in [2.05, 4.69) is 29.2 Å². The number of carbonyl (C=O) groups excluding carboxylic acids is 1. The molecular weight excluding hydrogens is 324 g/mol. The molecule has 0 N–H and O–H groups in total. The highest BCUT2D eigenvalue weighted by Gasteiger charge is 2.46. The van der Waals surface area contributed by atoms with Gasteiger partial charge in [0.25, 0.3) is 0 Å². The van der Waals surface area contributed by atoms with Gasteiger partial charge in [-0.1, -0.05) is 24.3 Å². The van der Waals surface area contributed by atoms with Crippen LogP contribution in [-0.4, -0.2) is 62.1 Å². The first-order valence-corrected chi connectivity index (χ1v) is 10.2. The first-order chi connectivity index (χ1) is 12.6. The van der Waals surface area contributed by atoms with Gasteiger partial charge < -0.3 is 14.5 Å². The fourth-order valence-electron chi connectivity index (χ4n) is 5.44. The minimum Gasteiger partial charge on any atom is -0.381 e. The number of amides is 1. The maximum absolute atomic E-state index is 12.3. The Labute approximate surface area is 157 Å². The fourth-order valence-corrected chi connectivity index (χ4v) is 5.44. The quantitative estimate of drug-likeness (QED) is 0.834. The van der Waals surface area contributed by atoms with Gasteiger partial charge in [-0.2, -0.15) is 0 Å². The molecule has 1 amide bonds. The average Bonchev–Trinajstić information content (AvgIpc) is 2.96. The van der Waals surface area contributed by atoms with Gasteiger partial charge in [-0.25, -0.2) is 0 Å². The van der Waals surface area contributed by atoms with Crippen LogP contribution in [-0.2, 0) is 14.9 Å². The van der Waals surface area contributed by atoms with E-state index in [-0.39, 0.29) is 11.3 Å². The zero-order valence-corrected chi connectivity index (χ0v) is 16.2. The lowest BCUT2D eigenvalue weighted by Crippen LogP contribution is -2.48. The van der Waals surface area contributed by atoms with Crippen molar-refractivity contribution in [2.45, 2.75) is 55.9 Å². The number of carbonyl (C=O) groups is 1. The lowest BCUT2D eigenvalue weighted by Gasteiger charge is -2.44. The topological polar surface area (TPSA) is 32.8 Å². The van der Waals surface area contributed by atoms with Crippen LogP contribution in [0.4, 0.5) is 0 Å². The molecule has 26 heavy (non-hydrogen) atoms. The molecule has 0 saturated carbocycles. The van der Waals surface area contributed by atoms with Gasteiger partial charge in [-0.15, -0.1) is 0 Å². The third-order valence-corrected chi connectivity index (χ3v) is 6.99. The SMILES string of the molecule is CN(C)C(=O)CC1CC2(CCN(C3CCOCC3)CC2)c2ccccc21. The van der Waals surface area contributed by atoms with Crippen molar-refractivity contribution in [1.82, 2.24) is 9.80 Å². The Morgan fingerprint density at radius 1 is 1.19 bits per heavy atom. The van der Waals surface area contributed by atoms with Crippen LogP contribution in [0.25, 0.3) is 0 Å². The second-order valence-electron chi connectivity index (χ2n) is 8.64. The van der Waals surface area contributed by atoms with Gasteiger partial charge in [0.15, 0.2) is 0 Å². The third kappa shape index (κ3) is 3.29.